The zero-order chi connectivity index (χ0) is 15.3. The molecule has 0 radical (unpaired) electrons. The lowest BCUT2D eigenvalue weighted by atomic mass is 9.79. The van der Waals surface area contributed by atoms with E-state index in [1.54, 1.807) is 0 Å². The van der Waals surface area contributed by atoms with Gasteiger partial charge in [-0.2, -0.15) is 0 Å². The van der Waals surface area contributed by atoms with E-state index in [1.807, 2.05) is 0 Å². The Morgan fingerprint density at radius 1 is 1.00 bits per heavy atom. The molecule has 1 nitrogen and oxygen atoms in total. The number of hydrogen-bond acceptors (Lipinski definition) is 1. The van der Waals surface area contributed by atoms with Crippen molar-refractivity contribution in [3.63, 3.8) is 0 Å². The molecule has 0 bridgehead atoms. The summed E-state index contributed by atoms with van der Waals surface area (Å²) < 4.78 is 0. The molecule has 1 aromatic rings. The summed E-state index contributed by atoms with van der Waals surface area (Å²) in [6.07, 6.45) is 6.85. The molecule has 1 aliphatic rings. The van der Waals surface area contributed by atoms with Gasteiger partial charge in [-0.3, -0.25) is 0 Å². The molecular formula is C20H33N. The van der Waals surface area contributed by atoms with E-state index in [0.717, 1.165) is 12.5 Å². The summed E-state index contributed by atoms with van der Waals surface area (Å²) in [7, 11) is 0. The lowest BCUT2D eigenvalue weighted by Crippen LogP contribution is -2.35. The molecule has 1 N–H and O–H groups in total. The monoisotopic (exact) mass is 287 g/mol. The van der Waals surface area contributed by atoms with Gasteiger partial charge in [-0.05, 0) is 54.2 Å². The minimum Gasteiger partial charge on any atom is -0.316 e. The second-order valence-electron chi connectivity index (χ2n) is 7.80. The number of hydrogen-bond donors (Lipinski definition) is 1. The lowest BCUT2D eigenvalue weighted by molar-refractivity contribution is 0.273. The van der Waals surface area contributed by atoms with E-state index >= 15 is 0 Å². The zero-order valence-electron chi connectivity index (χ0n) is 14.4. The molecule has 1 heteroatoms. The van der Waals surface area contributed by atoms with Crippen LogP contribution in [0.15, 0.2) is 24.3 Å². The van der Waals surface area contributed by atoms with Crippen LogP contribution in [0.4, 0.5) is 0 Å². The van der Waals surface area contributed by atoms with Gasteiger partial charge in [-0.25, -0.2) is 0 Å². The molecular weight excluding hydrogens is 254 g/mol. The van der Waals surface area contributed by atoms with Gasteiger partial charge >= 0.3 is 0 Å². The van der Waals surface area contributed by atoms with E-state index in [0.29, 0.717) is 11.3 Å². The van der Waals surface area contributed by atoms with Gasteiger partial charge in [-0.1, -0.05) is 64.8 Å². The van der Waals surface area contributed by atoms with Crippen molar-refractivity contribution in [2.24, 2.45) is 11.3 Å². The van der Waals surface area contributed by atoms with Crippen molar-refractivity contribution in [3.05, 3.63) is 35.4 Å². The predicted octanol–water partition coefficient (Wildman–Crippen LogP) is 5.16. The quantitative estimate of drug-likeness (QED) is 0.730. The highest BCUT2D eigenvalue weighted by atomic mass is 14.9. The zero-order valence-corrected chi connectivity index (χ0v) is 14.4. The summed E-state index contributed by atoms with van der Waals surface area (Å²) in [4.78, 5) is 0. The van der Waals surface area contributed by atoms with Crippen LogP contribution < -0.4 is 5.32 Å². The maximum Gasteiger partial charge on any atom is 0.00111 e. The summed E-state index contributed by atoms with van der Waals surface area (Å²) in [5.74, 6) is 1.38. The van der Waals surface area contributed by atoms with E-state index in [1.165, 1.54) is 49.8 Å². The molecule has 1 fully saturated rings. The van der Waals surface area contributed by atoms with Crippen molar-refractivity contribution < 1.29 is 0 Å². The molecule has 0 heterocycles. The molecule has 0 aliphatic heterocycles. The third kappa shape index (κ3) is 4.85. The van der Waals surface area contributed by atoms with Crippen molar-refractivity contribution in [1.82, 2.24) is 5.32 Å². The van der Waals surface area contributed by atoms with E-state index in [-0.39, 0.29) is 0 Å². The smallest absolute Gasteiger partial charge is 0.00111 e. The van der Waals surface area contributed by atoms with E-state index in [2.05, 4.69) is 57.3 Å². The van der Waals surface area contributed by atoms with Gasteiger partial charge < -0.3 is 5.32 Å². The molecule has 0 atom stereocenters. The second-order valence-corrected chi connectivity index (χ2v) is 7.80. The molecule has 0 unspecified atom stereocenters. The Morgan fingerprint density at radius 2 is 1.62 bits per heavy atom. The average Bonchev–Trinajstić information content (AvgIpc) is 2.87. The van der Waals surface area contributed by atoms with Gasteiger partial charge in [0.25, 0.3) is 0 Å². The van der Waals surface area contributed by atoms with Gasteiger partial charge in [-0.15, -0.1) is 0 Å². The van der Waals surface area contributed by atoms with Crippen LogP contribution in [-0.2, 0) is 6.42 Å². The fourth-order valence-corrected chi connectivity index (χ4v) is 3.62. The minimum atomic E-state index is 0.508. The third-order valence-corrected chi connectivity index (χ3v) is 4.94. The number of benzene rings is 1. The minimum absolute atomic E-state index is 0.508. The molecule has 21 heavy (non-hydrogen) atoms. The van der Waals surface area contributed by atoms with Crippen LogP contribution in [0.2, 0.25) is 0 Å². The Labute approximate surface area is 131 Å². The van der Waals surface area contributed by atoms with Crippen molar-refractivity contribution in [2.75, 3.05) is 13.1 Å². The van der Waals surface area contributed by atoms with Crippen molar-refractivity contribution in [3.8, 4) is 0 Å². The van der Waals surface area contributed by atoms with Crippen LogP contribution in [0.1, 0.15) is 70.4 Å². The molecule has 1 saturated carbocycles. The molecule has 0 aromatic heterocycles. The van der Waals surface area contributed by atoms with Crippen molar-refractivity contribution in [1.29, 1.82) is 0 Å². The Bertz CT molecular complexity index is 410. The van der Waals surface area contributed by atoms with E-state index in [9.17, 15) is 0 Å². The Kier molecular flexibility index (Phi) is 5.87. The van der Waals surface area contributed by atoms with Gasteiger partial charge in [0.2, 0.25) is 0 Å². The maximum atomic E-state index is 3.72. The molecule has 0 amide bonds. The predicted molar refractivity (Wildman–Crippen MR) is 92.8 cm³/mol. The molecule has 0 spiro atoms. The highest BCUT2D eigenvalue weighted by molar-refractivity contribution is 5.25. The summed E-state index contributed by atoms with van der Waals surface area (Å²) >= 11 is 0. The molecule has 0 saturated heterocycles. The first-order chi connectivity index (χ1) is 10.0. The summed E-state index contributed by atoms with van der Waals surface area (Å²) in [5, 5.41) is 3.72. The first kappa shape index (κ1) is 16.5. The SMILES string of the molecule is CC(C)CNCC1(Cc2ccc(C(C)C)cc2)CCCC1. The van der Waals surface area contributed by atoms with E-state index < -0.39 is 0 Å². The van der Waals surface area contributed by atoms with Crippen LogP contribution >= 0.6 is 0 Å². The molecule has 1 aliphatic carbocycles. The highest BCUT2D eigenvalue weighted by Gasteiger charge is 2.33. The maximum absolute atomic E-state index is 3.72. The first-order valence-corrected chi connectivity index (χ1v) is 8.80. The Morgan fingerprint density at radius 3 is 2.14 bits per heavy atom. The van der Waals surface area contributed by atoms with Gasteiger partial charge in [0.1, 0.15) is 0 Å². The third-order valence-electron chi connectivity index (χ3n) is 4.94. The van der Waals surface area contributed by atoms with Crippen LogP contribution in [0.3, 0.4) is 0 Å². The summed E-state index contributed by atoms with van der Waals surface area (Å²) in [6, 6.07) is 9.37. The topological polar surface area (TPSA) is 12.0 Å². The van der Waals surface area contributed by atoms with Gasteiger partial charge in [0.05, 0.1) is 0 Å². The van der Waals surface area contributed by atoms with Crippen LogP contribution in [0.5, 0.6) is 0 Å². The Hall–Kier alpha value is -0.820. The van der Waals surface area contributed by atoms with Crippen molar-refractivity contribution >= 4 is 0 Å². The Balaban J connectivity index is 1.98. The van der Waals surface area contributed by atoms with Crippen LogP contribution in [0.25, 0.3) is 0 Å². The van der Waals surface area contributed by atoms with Crippen molar-refractivity contribution in [2.45, 2.75) is 65.7 Å². The summed E-state index contributed by atoms with van der Waals surface area (Å²) in [6.45, 7) is 11.5. The standard InChI is InChI=1S/C20H33N/c1-16(2)14-21-15-20(11-5-6-12-20)13-18-7-9-19(10-8-18)17(3)4/h7-10,16-17,21H,5-6,11-15H2,1-4H3. The number of rotatable bonds is 7. The molecule has 118 valence electrons. The van der Waals surface area contributed by atoms with Gasteiger partial charge in [0.15, 0.2) is 0 Å². The first-order valence-electron chi connectivity index (χ1n) is 8.80. The fraction of sp³-hybridized carbons (Fsp3) is 0.700. The normalized spacial score (nSPS) is 17.8. The molecule has 1 aromatic carbocycles. The van der Waals surface area contributed by atoms with Crippen LogP contribution in [0, 0.1) is 11.3 Å². The highest BCUT2D eigenvalue weighted by Crippen LogP contribution is 2.40. The second kappa shape index (κ2) is 7.45. The summed E-state index contributed by atoms with van der Waals surface area (Å²) in [5.41, 5.74) is 3.48. The fourth-order valence-electron chi connectivity index (χ4n) is 3.62. The average molecular weight is 287 g/mol. The lowest BCUT2D eigenvalue weighted by Gasteiger charge is -2.30. The van der Waals surface area contributed by atoms with Gasteiger partial charge in [0, 0.05) is 6.54 Å². The molecule has 2 rings (SSSR count). The van der Waals surface area contributed by atoms with E-state index in [4.69, 9.17) is 0 Å². The largest absolute Gasteiger partial charge is 0.316 e. The number of nitrogens with one attached hydrogen (secondary N) is 1. The van der Waals surface area contributed by atoms with Crippen LogP contribution in [-0.4, -0.2) is 13.1 Å².